The van der Waals surface area contributed by atoms with Gasteiger partial charge in [0.25, 0.3) is 5.91 Å². The second kappa shape index (κ2) is 8.46. The molecule has 1 saturated heterocycles. The molecule has 0 atom stereocenters. The molecule has 1 aromatic heterocycles. The number of carbonyl (C=O) groups excluding carboxylic acids is 1. The Kier molecular flexibility index (Phi) is 5.85. The Hall–Kier alpha value is -3.07. The normalized spacial score (nSPS) is 17.4. The molecule has 0 bridgehead atoms. The largest absolute Gasteiger partial charge is 0.490 e. The van der Waals surface area contributed by atoms with Gasteiger partial charge in [0, 0.05) is 30.4 Å². The molecule has 2 aliphatic heterocycles. The van der Waals surface area contributed by atoms with Gasteiger partial charge < -0.3 is 20.7 Å². The minimum atomic E-state index is -3.37. The van der Waals surface area contributed by atoms with Gasteiger partial charge in [0.05, 0.1) is 22.4 Å². The number of amides is 1. The van der Waals surface area contributed by atoms with Crippen molar-refractivity contribution >= 4 is 27.3 Å². The van der Waals surface area contributed by atoms with Crippen LogP contribution in [-0.2, 0) is 15.6 Å². The Morgan fingerprint density at radius 2 is 2.00 bits per heavy atom. The fraction of sp³-hybridized carbons (Fsp3) is 0.391. The maximum Gasteiger partial charge on any atom is 0.252 e. The molecule has 4 rings (SSSR count). The molecule has 32 heavy (non-hydrogen) atoms. The van der Waals surface area contributed by atoms with E-state index in [-0.39, 0.29) is 24.0 Å². The van der Waals surface area contributed by atoms with Crippen molar-refractivity contribution in [2.45, 2.75) is 38.0 Å². The van der Waals surface area contributed by atoms with E-state index in [2.05, 4.69) is 15.2 Å². The van der Waals surface area contributed by atoms with Crippen molar-refractivity contribution in [1.29, 1.82) is 0 Å². The third kappa shape index (κ3) is 4.88. The molecule has 1 fully saturated rings. The smallest absolute Gasteiger partial charge is 0.252 e. The molecule has 1 amide bonds. The first-order chi connectivity index (χ1) is 15.1. The summed E-state index contributed by atoms with van der Waals surface area (Å²) in [4.78, 5) is 19.5. The molecule has 0 spiro atoms. The lowest BCUT2D eigenvalue weighted by Gasteiger charge is -2.28. The summed E-state index contributed by atoms with van der Waals surface area (Å²) >= 11 is 0. The second-order valence-corrected chi connectivity index (χ2v) is 10.7. The third-order valence-electron chi connectivity index (χ3n) is 5.54. The van der Waals surface area contributed by atoms with Crippen molar-refractivity contribution < 1.29 is 17.9 Å². The minimum absolute atomic E-state index is 0.109. The van der Waals surface area contributed by atoms with Crippen LogP contribution in [0.15, 0.2) is 41.9 Å². The lowest BCUT2D eigenvalue weighted by molar-refractivity contribution is 0.0880. The first-order valence-corrected chi connectivity index (χ1v) is 12.3. The van der Waals surface area contributed by atoms with E-state index in [4.69, 9.17) is 10.5 Å². The number of anilines is 1. The van der Waals surface area contributed by atoms with E-state index < -0.39 is 15.4 Å². The summed E-state index contributed by atoms with van der Waals surface area (Å²) < 4.78 is 29.9. The number of nitrogens with one attached hydrogen (secondary N) is 1. The lowest BCUT2D eigenvalue weighted by atomic mass is 10.0. The average Bonchev–Trinajstić information content (AvgIpc) is 3.26. The predicted molar refractivity (Wildman–Crippen MR) is 124 cm³/mol. The van der Waals surface area contributed by atoms with Crippen molar-refractivity contribution in [3.63, 3.8) is 0 Å². The van der Waals surface area contributed by atoms with Gasteiger partial charge in [-0.15, -0.1) is 0 Å². The maximum atomic E-state index is 12.9. The molecule has 8 nitrogen and oxygen atoms in total. The van der Waals surface area contributed by atoms with Gasteiger partial charge in [0.2, 0.25) is 0 Å². The fourth-order valence-electron chi connectivity index (χ4n) is 4.01. The monoisotopic (exact) mass is 456 g/mol. The van der Waals surface area contributed by atoms with Crippen LogP contribution in [0.25, 0.3) is 5.70 Å². The second-order valence-electron chi connectivity index (χ2n) is 8.89. The van der Waals surface area contributed by atoms with Crippen LogP contribution in [0, 0.1) is 0 Å². The Labute approximate surface area is 188 Å². The van der Waals surface area contributed by atoms with E-state index in [0.29, 0.717) is 22.4 Å². The van der Waals surface area contributed by atoms with Gasteiger partial charge in [-0.2, -0.15) is 0 Å². The zero-order chi connectivity index (χ0) is 22.9. The molecular weight excluding hydrogens is 428 g/mol. The van der Waals surface area contributed by atoms with Crippen LogP contribution in [0.5, 0.6) is 5.75 Å². The number of rotatable bonds is 6. The third-order valence-corrected chi connectivity index (χ3v) is 6.87. The summed E-state index contributed by atoms with van der Waals surface area (Å²) in [5.41, 5.74) is 7.23. The number of nitrogens with two attached hydrogens (primary N) is 1. The molecule has 0 radical (unpaired) electrons. The molecule has 3 N–H and O–H groups in total. The SMILES string of the molecule is CC(C)(COc1cccc2c1C(N)=CS(=O)(=O)C2)NC(=O)c1ccnc(N2CCCC2)c1. The summed E-state index contributed by atoms with van der Waals surface area (Å²) in [6.45, 7) is 5.83. The number of fused-ring (bicyclic) bond motifs is 1. The van der Waals surface area contributed by atoms with Gasteiger partial charge in [-0.05, 0) is 50.5 Å². The number of hydrogen-bond donors (Lipinski definition) is 2. The van der Waals surface area contributed by atoms with Crippen LogP contribution in [0.3, 0.4) is 0 Å². The molecular formula is C23H28N4O4S. The Bertz CT molecular complexity index is 1170. The number of sulfone groups is 1. The van der Waals surface area contributed by atoms with Crippen LogP contribution < -0.4 is 20.7 Å². The minimum Gasteiger partial charge on any atom is -0.490 e. The van der Waals surface area contributed by atoms with Crippen molar-refractivity contribution in [1.82, 2.24) is 10.3 Å². The Balaban J connectivity index is 1.45. The van der Waals surface area contributed by atoms with Gasteiger partial charge >= 0.3 is 0 Å². The van der Waals surface area contributed by atoms with Crippen molar-refractivity contribution in [2.24, 2.45) is 5.73 Å². The van der Waals surface area contributed by atoms with E-state index in [1.807, 2.05) is 19.9 Å². The fourth-order valence-corrected chi connectivity index (χ4v) is 5.27. The average molecular weight is 457 g/mol. The van der Waals surface area contributed by atoms with Gasteiger partial charge in [-0.1, -0.05) is 12.1 Å². The maximum absolute atomic E-state index is 12.9. The number of hydrogen-bond acceptors (Lipinski definition) is 7. The van der Waals surface area contributed by atoms with Crippen LogP contribution in [0.2, 0.25) is 0 Å². The zero-order valence-corrected chi connectivity index (χ0v) is 19.1. The number of nitrogens with zero attached hydrogens (tertiary/aromatic N) is 2. The standard InChI is InChI=1S/C23H28N4O4S/c1-23(2,26-22(28)16-8-9-25-20(12-16)27-10-3-4-11-27)15-31-19-7-5-6-17-13-32(29,30)14-18(24)21(17)19/h5-9,12,14H,3-4,10-11,13,15,24H2,1-2H3,(H,26,28). The molecule has 2 aliphatic rings. The predicted octanol–water partition coefficient (Wildman–Crippen LogP) is 2.45. The van der Waals surface area contributed by atoms with E-state index in [1.54, 1.807) is 30.5 Å². The molecule has 1 aromatic carbocycles. The van der Waals surface area contributed by atoms with Crippen LogP contribution in [0.4, 0.5) is 5.82 Å². The lowest BCUT2D eigenvalue weighted by Crippen LogP contribution is -2.48. The molecule has 9 heteroatoms. The molecule has 3 heterocycles. The number of benzene rings is 1. The number of pyridine rings is 1. The van der Waals surface area contributed by atoms with Crippen molar-refractivity contribution in [3.05, 3.63) is 58.6 Å². The van der Waals surface area contributed by atoms with E-state index in [9.17, 15) is 13.2 Å². The topological polar surface area (TPSA) is 115 Å². The highest BCUT2D eigenvalue weighted by Crippen LogP contribution is 2.33. The quantitative estimate of drug-likeness (QED) is 0.686. The molecule has 170 valence electrons. The van der Waals surface area contributed by atoms with Crippen LogP contribution >= 0.6 is 0 Å². The molecule has 2 aromatic rings. The number of ether oxygens (including phenoxy) is 1. The van der Waals surface area contributed by atoms with Crippen molar-refractivity contribution in [3.8, 4) is 5.75 Å². The van der Waals surface area contributed by atoms with Gasteiger partial charge in [-0.3, -0.25) is 4.79 Å². The summed E-state index contributed by atoms with van der Waals surface area (Å²) in [7, 11) is -3.37. The summed E-state index contributed by atoms with van der Waals surface area (Å²) in [6, 6.07) is 8.74. The summed E-state index contributed by atoms with van der Waals surface area (Å²) in [6.07, 6.45) is 3.93. The van der Waals surface area contributed by atoms with E-state index in [1.165, 1.54) is 0 Å². The number of carbonyl (C=O) groups is 1. The van der Waals surface area contributed by atoms with Crippen LogP contribution in [0.1, 0.15) is 48.2 Å². The first-order valence-electron chi connectivity index (χ1n) is 10.6. The highest BCUT2D eigenvalue weighted by atomic mass is 32.2. The molecule has 0 saturated carbocycles. The van der Waals surface area contributed by atoms with E-state index >= 15 is 0 Å². The summed E-state index contributed by atoms with van der Waals surface area (Å²) in [5.74, 6) is 0.995. The Morgan fingerprint density at radius 3 is 2.75 bits per heavy atom. The molecule has 0 unspecified atom stereocenters. The van der Waals surface area contributed by atoms with Crippen molar-refractivity contribution in [2.75, 3.05) is 24.6 Å². The zero-order valence-electron chi connectivity index (χ0n) is 18.3. The molecule has 0 aliphatic carbocycles. The van der Waals surface area contributed by atoms with Gasteiger partial charge in [0.1, 0.15) is 18.2 Å². The van der Waals surface area contributed by atoms with Gasteiger partial charge in [-0.25, -0.2) is 13.4 Å². The number of aromatic nitrogens is 1. The first kappa shape index (κ1) is 22.1. The Morgan fingerprint density at radius 1 is 1.25 bits per heavy atom. The van der Waals surface area contributed by atoms with E-state index in [0.717, 1.165) is 37.2 Å². The van der Waals surface area contributed by atoms with Gasteiger partial charge in [0.15, 0.2) is 9.84 Å². The summed E-state index contributed by atoms with van der Waals surface area (Å²) in [5, 5.41) is 4.09. The van der Waals surface area contributed by atoms with Crippen LogP contribution in [-0.4, -0.2) is 44.5 Å². The highest BCUT2D eigenvalue weighted by molar-refractivity contribution is 7.93. The highest BCUT2D eigenvalue weighted by Gasteiger charge is 2.27.